The molecule has 0 fully saturated rings. The third-order valence-electron chi connectivity index (χ3n) is 3.83. The number of hydrogen-bond acceptors (Lipinski definition) is 1. The first kappa shape index (κ1) is 15.9. The van der Waals surface area contributed by atoms with Gasteiger partial charge in [-0.1, -0.05) is 34.9 Å². The molecule has 106 valence electrons. The van der Waals surface area contributed by atoms with E-state index in [1.165, 1.54) is 49.7 Å². The highest BCUT2D eigenvalue weighted by Gasteiger charge is 2.11. The van der Waals surface area contributed by atoms with Crippen LogP contribution in [0.15, 0.2) is 34.9 Å². The summed E-state index contributed by atoms with van der Waals surface area (Å²) in [5, 5.41) is 7.28. The molecule has 0 aromatic rings. The van der Waals surface area contributed by atoms with Crippen LogP contribution in [0.25, 0.3) is 0 Å². The van der Waals surface area contributed by atoms with Gasteiger partial charge in [0.05, 0.1) is 0 Å². The molecule has 0 radical (unpaired) electrons. The SMILES string of the molecule is CC(C)=CCC/C(C)=C/CCC1=CCC(C=N)CC1. The van der Waals surface area contributed by atoms with Gasteiger partial charge in [0.15, 0.2) is 0 Å². The smallest absolute Gasteiger partial charge is 0.00135 e. The second kappa shape index (κ2) is 8.90. The molecule has 1 heteroatoms. The van der Waals surface area contributed by atoms with E-state index < -0.39 is 0 Å². The van der Waals surface area contributed by atoms with Crippen molar-refractivity contribution in [1.82, 2.24) is 0 Å². The van der Waals surface area contributed by atoms with Gasteiger partial charge in [-0.2, -0.15) is 0 Å². The maximum absolute atomic E-state index is 7.28. The highest BCUT2D eigenvalue weighted by Crippen LogP contribution is 2.25. The van der Waals surface area contributed by atoms with Gasteiger partial charge in [-0.3, -0.25) is 0 Å². The van der Waals surface area contributed by atoms with Crippen molar-refractivity contribution in [3.05, 3.63) is 34.9 Å². The lowest BCUT2D eigenvalue weighted by molar-refractivity contribution is 0.592. The maximum atomic E-state index is 7.28. The van der Waals surface area contributed by atoms with Gasteiger partial charge < -0.3 is 5.41 Å². The molecule has 19 heavy (non-hydrogen) atoms. The summed E-state index contributed by atoms with van der Waals surface area (Å²) in [4.78, 5) is 0. The van der Waals surface area contributed by atoms with Crippen molar-refractivity contribution in [2.45, 2.75) is 65.7 Å². The largest absolute Gasteiger partial charge is 0.313 e. The van der Waals surface area contributed by atoms with Gasteiger partial charge in [0.25, 0.3) is 0 Å². The highest BCUT2D eigenvalue weighted by atomic mass is 14.4. The molecule has 1 aliphatic carbocycles. The summed E-state index contributed by atoms with van der Waals surface area (Å²) in [6.45, 7) is 6.57. The molecule has 0 amide bonds. The normalized spacial score (nSPS) is 19.8. The van der Waals surface area contributed by atoms with Crippen LogP contribution in [0.4, 0.5) is 0 Å². The van der Waals surface area contributed by atoms with E-state index in [-0.39, 0.29) is 0 Å². The highest BCUT2D eigenvalue weighted by molar-refractivity contribution is 5.57. The minimum atomic E-state index is 0.505. The van der Waals surface area contributed by atoms with Crippen molar-refractivity contribution in [1.29, 1.82) is 5.41 Å². The zero-order chi connectivity index (χ0) is 14.1. The molecule has 1 N–H and O–H groups in total. The van der Waals surface area contributed by atoms with Crippen LogP contribution in [0, 0.1) is 11.3 Å². The molecule has 0 bridgehead atoms. The summed E-state index contributed by atoms with van der Waals surface area (Å²) in [5.74, 6) is 0.505. The van der Waals surface area contributed by atoms with Crippen LogP contribution < -0.4 is 0 Å². The first-order valence-corrected chi connectivity index (χ1v) is 7.59. The van der Waals surface area contributed by atoms with Crippen LogP contribution in [-0.4, -0.2) is 6.21 Å². The van der Waals surface area contributed by atoms with Crippen LogP contribution in [-0.2, 0) is 0 Å². The zero-order valence-electron chi connectivity index (χ0n) is 12.8. The molecule has 1 nitrogen and oxygen atoms in total. The molecule has 1 aliphatic rings. The quantitative estimate of drug-likeness (QED) is 0.439. The first-order valence-electron chi connectivity index (χ1n) is 7.59. The fourth-order valence-electron chi connectivity index (χ4n) is 2.48. The first-order chi connectivity index (χ1) is 9.11. The van der Waals surface area contributed by atoms with Crippen molar-refractivity contribution in [3.63, 3.8) is 0 Å². The Labute approximate surface area is 119 Å². The summed E-state index contributed by atoms with van der Waals surface area (Å²) in [5.41, 5.74) is 4.54. The number of rotatable bonds is 7. The summed E-state index contributed by atoms with van der Waals surface area (Å²) in [6, 6.07) is 0. The van der Waals surface area contributed by atoms with Gasteiger partial charge >= 0.3 is 0 Å². The monoisotopic (exact) mass is 259 g/mol. The van der Waals surface area contributed by atoms with E-state index in [4.69, 9.17) is 5.41 Å². The predicted octanol–water partition coefficient (Wildman–Crippen LogP) is 5.84. The molecule has 0 saturated carbocycles. The van der Waals surface area contributed by atoms with Crippen molar-refractivity contribution in [2.24, 2.45) is 5.92 Å². The third-order valence-corrected chi connectivity index (χ3v) is 3.83. The van der Waals surface area contributed by atoms with Gasteiger partial charge in [0.1, 0.15) is 0 Å². The lowest BCUT2D eigenvalue weighted by atomic mass is 9.88. The average molecular weight is 259 g/mol. The molecular formula is C18H29N. The number of nitrogens with one attached hydrogen (secondary N) is 1. The van der Waals surface area contributed by atoms with E-state index in [2.05, 4.69) is 39.0 Å². The van der Waals surface area contributed by atoms with Crippen molar-refractivity contribution < 1.29 is 0 Å². The second-order valence-electron chi connectivity index (χ2n) is 5.97. The molecule has 0 aromatic carbocycles. The number of allylic oxidation sites excluding steroid dienone is 6. The Balaban J connectivity index is 2.24. The van der Waals surface area contributed by atoms with E-state index in [0.717, 1.165) is 6.42 Å². The average Bonchev–Trinajstić information content (AvgIpc) is 2.39. The molecule has 0 saturated heterocycles. The fourth-order valence-corrected chi connectivity index (χ4v) is 2.48. The predicted molar refractivity (Wildman–Crippen MR) is 85.9 cm³/mol. The standard InChI is InChI=1S/C18H29N/c1-15(2)6-4-7-16(3)8-5-9-17-10-12-18(14-19)13-11-17/h6,8,10,14,18-19H,4-5,7,9,11-13H2,1-3H3/b16-8+,19-14?. The van der Waals surface area contributed by atoms with Crippen LogP contribution in [0.3, 0.4) is 0 Å². The molecular weight excluding hydrogens is 230 g/mol. The Morgan fingerprint density at radius 2 is 2.05 bits per heavy atom. The lowest BCUT2D eigenvalue weighted by Crippen LogP contribution is -2.06. The van der Waals surface area contributed by atoms with Gasteiger partial charge in [-0.15, -0.1) is 0 Å². The minimum absolute atomic E-state index is 0.505. The van der Waals surface area contributed by atoms with E-state index in [1.54, 1.807) is 11.8 Å². The van der Waals surface area contributed by atoms with Gasteiger partial charge in [-0.05, 0) is 77.8 Å². The summed E-state index contributed by atoms with van der Waals surface area (Å²) in [7, 11) is 0. The topological polar surface area (TPSA) is 23.9 Å². The van der Waals surface area contributed by atoms with Gasteiger partial charge in [0.2, 0.25) is 0 Å². The Morgan fingerprint density at radius 1 is 1.26 bits per heavy atom. The Morgan fingerprint density at radius 3 is 2.63 bits per heavy atom. The number of hydrogen-bond donors (Lipinski definition) is 1. The van der Waals surface area contributed by atoms with E-state index >= 15 is 0 Å². The summed E-state index contributed by atoms with van der Waals surface area (Å²) in [6.07, 6.45) is 16.9. The van der Waals surface area contributed by atoms with E-state index in [0.29, 0.717) is 5.92 Å². The van der Waals surface area contributed by atoms with Gasteiger partial charge in [0, 0.05) is 0 Å². The Bertz CT molecular complexity index is 367. The zero-order valence-corrected chi connectivity index (χ0v) is 12.8. The van der Waals surface area contributed by atoms with E-state index in [1.807, 2.05) is 0 Å². The Kier molecular flexibility index (Phi) is 7.47. The minimum Gasteiger partial charge on any atom is -0.313 e. The van der Waals surface area contributed by atoms with Crippen LogP contribution in [0.1, 0.15) is 65.7 Å². The Hall–Kier alpha value is -1.11. The second-order valence-corrected chi connectivity index (χ2v) is 5.97. The molecule has 1 atom stereocenters. The maximum Gasteiger partial charge on any atom is -0.00135 e. The molecule has 0 spiro atoms. The van der Waals surface area contributed by atoms with Crippen molar-refractivity contribution in [3.8, 4) is 0 Å². The molecule has 0 aromatic heterocycles. The van der Waals surface area contributed by atoms with Crippen molar-refractivity contribution >= 4 is 6.21 Å². The van der Waals surface area contributed by atoms with E-state index in [9.17, 15) is 0 Å². The molecule has 0 heterocycles. The van der Waals surface area contributed by atoms with Crippen LogP contribution in [0.2, 0.25) is 0 Å². The van der Waals surface area contributed by atoms with Crippen LogP contribution in [0.5, 0.6) is 0 Å². The third kappa shape index (κ3) is 7.15. The molecule has 1 rings (SSSR count). The fraction of sp³-hybridized carbons (Fsp3) is 0.611. The van der Waals surface area contributed by atoms with Crippen LogP contribution >= 0.6 is 0 Å². The lowest BCUT2D eigenvalue weighted by Gasteiger charge is -2.17. The summed E-state index contributed by atoms with van der Waals surface area (Å²) >= 11 is 0. The van der Waals surface area contributed by atoms with Gasteiger partial charge in [-0.25, -0.2) is 0 Å². The molecule has 1 unspecified atom stereocenters. The molecule has 0 aliphatic heterocycles. The van der Waals surface area contributed by atoms with Crippen molar-refractivity contribution in [2.75, 3.05) is 0 Å². The summed E-state index contributed by atoms with van der Waals surface area (Å²) < 4.78 is 0.